The standard InChI is InChI=1S/C29H27Br2NOS/c1-21(2)32-27(24-6-4-3-5-7-24)19-29(28(32)33,18-22-8-12-25(30)13-9-22)16-17-34-20-23-10-14-26(31)15-11-23/h3-17,19,21H,18,20H2,1-2H3/b17-16-. The molecule has 3 aromatic rings. The summed E-state index contributed by atoms with van der Waals surface area (Å²) in [6.07, 6.45) is 4.89. The van der Waals surface area contributed by atoms with Gasteiger partial charge in [0.25, 0.3) is 0 Å². The number of carbonyl (C=O) groups is 1. The summed E-state index contributed by atoms with van der Waals surface area (Å²) < 4.78 is 2.11. The Balaban J connectivity index is 1.68. The van der Waals surface area contributed by atoms with E-state index in [0.717, 1.165) is 31.5 Å². The predicted octanol–water partition coefficient (Wildman–Crippen LogP) is 8.48. The SMILES string of the molecule is CC(C)N1C(=O)C(/C=C\SCc2ccc(Br)cc2)(Cc2ccc(Br)cc2)C=C1c1ccccc1. The Morgan fingerprint density at radius 2 is 1.47 bits per heavy atom. The molecule has 1 unspecified atom stereocenters. The quantitative estimate of drug-likeness (QED) is 0.260. The molecule has 3 aromatic carbocycles. The van der Waals surface area contributed by atoms with Gasteiger partial charge in [-0.2, -0.15) is 0 Å². The summed E-state index contributed by atoms with van der Waals surface area (Å²) in [5.74, 6) is 0.986. The van der Waals surface area contributed by atoms with Crippen LogP contribution >= 0.6 is 43.6 Å². The molecule has 0 fully saturated rings. The number of amides is 1. The van der Waals surface area contributed by atoms with Crippen LogP contribution in [0, 0.1) is 5.41 Å². The molecule has 0 N–H and O–H groups in total. The van der Waals surface area contributed by atoms with E-state index < -0.39 is 5.41 Å². The Hall–Kier alpha value is -2.08. The van der Waals surface area contributed by atoms with Crippen molar-refractivity contribution in [2.45, 2.75) is 32.1 Å². The van der Waals surface area contributed by atoms with Gasteiger partial charge in [0.1, 0.15) is 0 Å². The van der Waals surface area contributed by atoms with Crippen molar-refractivity contribution >= 4 is 55.2 Å². The van der Waals surface area contributed by atoms with Gasteiger partial charge in [-0.1, -0.05) is 92.5 Å². The average Bonchev–Trinajstić information content (AvgIpc) is 3.12. The Labute approximate surface area is 223 Å². The highest BCUT2D eigenvalue weighted by molar-refractivity contribution is 9.10. The van der Waals surface area contributed by atoms with E-state index in [2.05, 4.69) is 112 Å². The van der Waals surface area contributed by atoms with Crippen molar-refractivity contribution in [1.29, 1.82) is 0 Å². The van der Waals surface area contributed by atoms with Gasteiger partial charge in [0, 0.05) is 26.4 Å². The second-order valence-corrected chi connectivity index (χ2v) is 11.5. The summed E-state index contributed by atoms with van der Waals surface area (Å²) in [6, 6.07) is 26.9. The van der Waals surface area contributed by atoms with Gasteiger partial charge in [0.15, 0.2) is 0 Å². The maximum atomic E-state index is 14.0. The lowest BCUT2D eigenvalue weighted by Crippen LogP contribution is -2.39. The number of rotatable bonds is 8. The molecule has 1 amide bonds. The molecule has 0 saturated carbocycles. The van der Waals surface area contributed by atoms with Crippen molar-refractivity contribution in [2.24, 2.45) is 5.41 Å². The van der Waals surface area contributed by atoms with Gasteiger partial charge in [-0.15, -0.1) is 11.8 Å². The average molecular weight is 597 g/mol. The third-order valence-electron chi connectivity index (χ3n) is 5.89. The van der Waals surface area contributed by atoms with Crippen molar-refractivity contribution in [3.05, 3.63) is 122 Å². The van der Waals surface area contributed by atoms with E-state index in [1.807, 2.05) is 35.2 Å². The van der Waals surface area contributed by atoms with Gasteiger partial charge >= 0.3 is 0 Å². The molecule has 0 aromatic heterocycles. The molecule has 1 heterocycles. The van der Waals surface area contributed by atoms with Crippen LogP contribution in [0.25, 0.3) is 5.70 Å². The van der Waals surface area contributed by atoms with Crippen LogP contribution in [0.5, 0.6) is 0 Å². The minimum Gasteiger partial charge on any atom is -0.309 e. The first-order valence-corrected chi connectivity index (χ1v) is 13.9. The summed E-state index contributed by atoms with van der Waals surface area (Å²) in [5, 5.41) is 2.10. The van der Waals surface area contributed by atoms with Crippen molar-refractivity contribution in [2.75, 3.05) is 0 Å². The first-order valence-electron chi connectivity index (χ1n) is 11.3. The summed E-state index contributed by atoms with van der Waals surface area (Å²) in [5.41, 5.74) is 3.71. The maximum Gasteiger partial charge on any atom is 0.241 e. The van der Waals surface area contributed by atoms with Crippen LogP contribution in [0.1, 0.15) is 30.5 Å². The lowest BCUT2D eigenvalue weighted by atomic mass is 9.81. The highest BCUT2D eigenvalue weighted by Crippen LogP contribution is 2.43. The Bertz CT molecular complexity index is 1190. The van der Waals surface area contributed by atoms with E-state index in [1.165, 1.54) is 5.56 Å². The van der Waals surface area contributed by atoms with Gasteiger partial charge in [0.05, 0.1) is 5.41 Å². The molecule has 1 atom stereocenters. The normalized spacial score (nSPS) is 18.2. The predicted molar refractivity (Wildman–Crippen MR) is 151 cm³/mol. The van der Waals surface area contributed by atoms with Gasteiger partial charge < -0.3 is 4.90 Å². The van der Waals surface area contributed by atoms with Crippen LogP contribution in [0.4, 0.5) is 0 Å². The molecule has 0 aliphatic carbocycles. The number of benzene rings is 3. The molecule has 0 saturated heterocycles. The van der Waals surface area contributed by atoms with Crippen molar-refractivity contribution in [3.63, 3.8) is 0 Å². The molecule has 4 rings (SSSR count). The summed E-state index contributed by atoms with van der Waals surface area (Å²) >= 11 is 8.73. The third-order valence-corrected chi connectivity index (χ3v) is 7.78. The van der Waals surface area contributed by atoms with Gasteiger partial charge in [-0.05, 0) is 72.7 Å². The topological polar surface area (TPSA) is 20.3 Å². The zero-order chi connectivity index (χ0) is 24.1. The van der Waals surface area contributed by atoms with Gasteiger partial charge in [-0.3, -0.25) is 4.79 Å². The Morgan fingerprint density at radius 3 is 2.06 bits per heavy atom. The largest absolute Gasteiger partial charge is 0.309 e. The second-order valence-electron chi connectivity index (χ2n) is 8.75. The zero-order valence-electron chi connectivity index (χ0n) is 19.2. The summed E-state index contributed by atoms with van der Waals surface area (Å²) in [4.78, 5) is 16.0. The summed E-state index contributed by atoms with van der Waals surface area (Å²) in [6.45, 7) is 4.16. The Morgan fingerprint density at radius 1 is 0.882 bits per heavy atom. The lowest BCUT2D eigenvalue weighted by Gasteiger charge is -2.29. The molecular weight excluding hydrogens is 570 g/mol. The maximum absolute atomic E-state index is 14.0. The van der Waals surface area contributed by atoms with E-state index in [1.54, 1.807) is 11.8 Å². The first-order chi connectivity index (χ1) is 16.4. The third kappa shape index (κ3) is 5.76. The monoisotopic (exact) mass is 595 g/mol. The van der Waals surface area contributed by atoms with E-state index >= 15 is 0 Å². The van der Waals surface area contributed by atoms with Gasteiger partial charge in [0.2, 0.25) is 5.91 Å². The number of halogens is 2. The minimum atomic E-state index is -0.726. The highest BCUT2D eigenvalue weighted by Gasteiger charge is 2.45. The number of nitrogens with zero attached hydrogens (tertiary/aromatic N) is 1. The fraction of sp³-hybridized carbons (Fsp3) is 0.207. The molecule has 174 valence electrons. The first kappa shape index (κ1) is 25.0. The Kier molecular flexibility index (Phi) is 8.18. The highest BCUT2D eigenvalue weighted by atomic mass is 79.9. The number of carbonyl (C=O) groups excluding carboxylic acids is 1. The van der Waals surface area contributed by atoms with Crippen molar-refractivity contribution in [1.82, 2.24) is 4.90 Å². The molecule has 1 aliphatic rings. The zero-order valence-corrected chi connectivity index (χ0v) is 23.2. The van der Waals surface area contributed by atoms with Crippen LogP contribution < -0.4 is 0 Å². The van der Waals surface area contributed by atoms with Gasteiger partial charge in [-0.25, -0.2) is 0 Å². The minimum absolute atomic E-state index is 0.0644. The van der Waals surface area contributed by atoms with E-state index in [0.29, 0.717) is 6.42 Å². The fourth-order valence-corrected chi connectivity index (χ4v) is 5.54. The number of thioether (sulfide) groups is 1. The van der Waals surface area contributed by atoms with E-state index in [4.69, 9.17) is 0 Å². The molecule has 0 radical (unpaired) electrons. The molecule has 5 heteroatoms. The summed E-state index contributed by atoms with van der Waals surface area (Å²) in [7, 11) is 0. The number of hydrogen-bond donors (Lipinski definition) is 0. The fourth-order valence-electron chi connectivity index (χ4n) is 4.19. The molecule has 0 spiro atoms. The van der Waals surface area contributed by atoms with Crippen LogP contribution in [0.15, 0.2) is 105 Å². The van der Waals surface area contributed by atoms with Crippen LogP contribution in [-0.2, 0) is 17.0 Å². The molecule has 1 aliphatic heterocycles. The second kappa shape index (κ2) is 11.1. The lowest BCUT2D eigenvalue weighted by molar-refractivity contribution is -0.133. The van der Waals surface area contributed by atoms with Crippen LogP contribution in [0.2, 0.25) is 0 Å². The smallest absolute Gasteiger partial charge is 0.241 e. The van der Waals surface area contributed by atoms with Crippen molar-refractivity contribution in [3.8, 4) is 0 Å². The molecule has 0 bridgehead atoms. The van der Waals surface area contributed by atoms with E-state index in [9.17, 15) is 4.79 Å². The van der Waals surface area contributed by atoms with Crippen LogP contribution in [-0.4, -0.2) is 16.8 Å². The molecule has 34 heavy (non-hydrogen) atoms. The van der Waals surface area contributed by atoms with Crippen LogP contribution in [0.3, 0.4) is 0 Å². The van der Waals surface area contributed by atoms with E-state index in [-0.39, 0.29) is 11.9 Å². The molecular formula is C29H27Br2NOS. The molecule has 2 nitrogen and oxygen atoms in total. The number of hydrogen-bond acceptors (Lipinski definition) is 2. The van der Waals surface area contributed by atoms with Crippen molar-refractivity contribution < 1.29 is 4.79 Å².